The van der Waals surface area contributed by atoms with Gasteiger partial charge in [0, 0.05) is 32.0 Å². The van der Waals surface area contributed by atoms with Gasteiger partial charge in [-0.15, -0.1) is 0 Å². The summed E-state index contributed by atoms with van der Waals surface area (Å²) in [4.78, 5) is 48.5. The van der Waals surface area contributed by atoms with Gasteiger partial charge in [-0.25, -0.2) is 0 Å². The quantitative estimate of drug-likeness (QED) is 0.225. The Morgan fingerprint density at radius 2 is 1.67 bits per heavy atom. The molecule has 0 saturated heterocycles. The smallest absolute Gasteiger partial charge is 0.307 e. The molecule has 11 heteroatoms. The normalized spacial score (nSPS) is 13.5. The molecule has 2 amide bonds. The van der Waals surface area contributed by atoms with Crippen molar-refractivity contribution in [2.75, 3.05) is 46.8 Å². The number of hydrogen-bond acceptors (Lipinski definition) is 9. The van der Waals surface area contributed by atoms with Gasteiger partial charge in [0.2, 0.25) is 23.0 Å². The number of amides is 2. The number of benzene rings is 1. The summed E-state index contributed by atoms with van der Waals surface area (Å²) in [7, 11) is 5.99. The number of hydrogen-bond donors (Lipinski definition) is 3. The number of anilines is 1. The molecule has 1 atom stereocenters. The minimum absolute atomic E-state index is 0.107. The number of rotatable bonds is 14. The zero-order valence-corrected chi connectivity index (χ0v) is 25.0. The van der Waals surface area contributed by atoms with E-state index in [2.05, 4.69) is 20.7 Å². The van der Waals surface area contributed by atoms with Gasteiger partial charge < -0.3 is 34.9 Å². The number of fused-ring (bicyclic) bond motifs is 3. The highest BCUT2D eigenvalue weighted by Crippen LogP contribution is 2.50. The fourth-order valence-electron chi connectivity index (χ4n) is 5.16. The lowest BCUT2D eigenvalue weighted by molar-refractivity contribution is -0.140. The van der Waals surface area contributed by atoms with E-state index in [-0.39, 0.29) is 42.2 Å². The van der Waals surface area contributed by atoms with Crippen molar-refractivity contribution in [3.8, 4) is 28.4 Å². The second kappa shape index (κ2) is 15.6. The molecule has 42 heavy (non-hydrogen) atoms. The molecule has 0 radical (unpaired) electrons. The summed E-state index contributed by atoms with van der Waals surface area (Å²) in [6, 6.07) is 6.76. The summed E-state index contributed by atoms with van der Waals surface area (Å²) in [5.41, 5.74) is 3.46. The van der Waals surface area contributed by atoms with Gasteiger partial charge in [-0.3, -0.25) is 19.2 Å². The van der Waals surface area contributed by atoms with Crippen molar-refractivity contribution < 1.29 is 33.3 Å². The molecule has 1 aliphatic rings. The van der Waals surface area contributed by atoms with Gasteiger partial charge in [0.05, 0.1) is 46.6 Å². The van der Waals surface area contributed by atoms with E-state index in [1.54, 1.807) is 33.5 Å². The first-order valence-electron chi connectivity index (χ1n) is 14.1. The van der Waals surface area contributed by atoms with Crippen LogP contribution in [0, 0.1) is 0 Å². The number of aryl methyl sites for hydroxylation is 1. The first-order valence-corrected chi connectivity index (χ1v) is 14.1. The molecule has 0 saturated carbocycles. The molecule has 11 nitrogen and oxygen atoms in total. The minimum atomic E-state index is -0.377. The lowest BCUT2D eigenvalue weighted by Crippen LogP contribution is -2.26. The Kier molecular flexibility index (Phi) is 12.0. The van der Waals surface area contributed by atoms with Crippen LogP contribution in [0.5, 0.6) is 17.2 Å². The number of unbranched alkanes of at least 4 members (excludes halogenated alkanes) is 2. The van der Waals surface area contributed by atoms with E-state index in [4.69, 9.17) is 14.2 Å². The van der Waals surface area contributed by atoms with Crippen LogP contribution in [0.15, 0.2) is 29.1 Å². The van der Waals surface area contributed by atoms with Crippen LogP contribution >= 0.6 is 0 Å². The van der Waals surface area contributed by atoms with Crippen LogP contribution in [-0.4, -0.2) is 59.3 Å². The van der Waals surface area contributed by atoms with Gasteiger partial charge in [0.1, 0.15) is 0 Å². The maximum Gasteiger partial charge on any atom is 0.307 e. The van der Waals surface area contributed by atoms with E-state index in [0.717, 1.165) is 29.5 Å². The highest BCUT2D eigenvalue weighted by molar-refractivity contribution is 5.84. The Hall–Kier alpha value is -4.28. The molecule has 1 aliphatic carbocycles. The molecular weight excluding hydrogens is 542 g/mol. The topological polar surface area (TPSA) is 141 Å². The predicted octanol–water partition coefficient (Wildman–Crippen LogP) is 3.51. The van der Waals surface area contributed by atoms with E-state index in [0.29, 0.717) is 60.7 Å². The fourth-order valence-corrected chi connectivity index (χ4v) is 5.16. The molecule has 2 aromatic carbocycles. The first kappa shape index (κ1) is 32.2. The van der Waals surface area contributed by atoms with Crippen molar-refractivity contribution in [3.63, 3.8) is 0 Å². The van der Waals surface area contributed by atoms with Gasteiger partial charge in [-0.1, -0.05) is 12.5 Å². The second-order valence-corrected chi connectivity index (χ2v) is 10.0. The molecule has 3 rings (SSSR count). The van der Waals surface area contributed by atoms with E-state index in [1.165, 1.54) is 14.0 Å². The third-order valence-electron chi connectivity index (χ3n) is 7.19. The van der Waals surface area contributed by atoms with Gasteiger partial charge in [-0.05, 0) is 60.6 Å². The van der Waals surface area contributed by atoms with E-state index in [1.807, 2.05) is 12.1 Å². The largest absolute Gasteiger partial charge is 0.493 e. The van der Waals surface area contributed by atoms with Crippen LogP contribution in [0.4, 0.5) is 5.69 Å². The van der Waals surface area contributed by atoms with E-state index in [9.17, 15) is 19.2 Å². The zero-order valence-electron chi connectivity index (χ0n) is 25.0. The summed E-state index contributed by atoms with van der Waals surface area (Å²) < 4.78 is 21.6. The lowest BCUT2D eigenvalue weighted by atomic mass is 9.95. The molecule has 2 aromatic rings. The highest BCUT2D eigenvalue weighted by Gasteiger charge is 2.29. The number of carbonyl (C=O) groups excluding carboxylic acids is 3. The lowest BCUT2D eigenvalue weighted by Gasteiger charge is -2.19. The van der Waals surface area contributed by atoms with Crippen molar-refractivity contribution >= 4 is 23.5 Å². The van der Waals surface area contributed by atoms with Crippen molar-refractivity contribution in [1.29, 1.82) is 0 Å². The SMILES string of the molecule is COC(=O)CCNC(=O)CCCCCNc1ccc2c(cc1=O)[C@@H](NC(C)=O)CCc1cc(OC)c(OC)c(OC)c1-2. The van der Waals surface area contributed by atoms with Gasteiger partial charge in [0.25, 0.3) is 0 Å². The van der Waals surface area contributed by atoms with Crippen LogP contribution < -0.4 is 35.6 Å². The van der Waals surface area contributed by atoms with Crippen LogP contribution in [-0.2, 0) is 25.5 Å². The van der Waals surface area contributed by atoms with Gasteiger partial charge >= 0.3 is 5.97 Å². The maximum absolute atomic E-state index is 13.4. The molecule has 0 fully saturated rings. The molecular formula is C31H41N3O8. The Balaban J connectivity index is 1.79. The summed E-state index contributed by atoms with van der Waals surface area (Å²) in [6.45, 7) is 2.27. The second-order valence-electron chi connectivity index (χ2n) is 10.0. The summed E-state index contributed by atoms with van der Waals surface area (Å²) in [6.07, 6.45) is 3.95. The van der Waals surface area contributed by atoms with Crippen LogP contribution in [0.2, 0.25) is 0 Å². The third kappa shape index (κ3) is 8.14. The van der Waals surface area contributed by atoms with Crippen molar-refractivity contribution in [2.45, 2.75) is 57.9 Å². The molecule has 228 valence electrons. The molecule has 0 unspecified atom stereocenters. The predicted molar refractivity (Wildman–Crippen MR) is 159 cm³/mol. The van der Waals surface area contributed by atoms with Crippen molar-refractivity contribution in [1.82, 2.24) is 10.6 Å². The summed E-state index contributed by atoms with van der Waals surface area (Å²) >= 11 is 0. The number of esters is 1. The fraction of sp³-hybridized carbons (Fsp3) is 0.484. The van der Waals surface area contributed by atoms with E-state index >= 15 is 0 Å². The third-order valence-corrected chi connectivity index (χ3v) is 7.19. The minimum Gasteiger partial charge on any atom is -0.493 e. The number of ether oxygens (including phenoxy) is 4. The molecule has 0 bridgehead atoms. The van der Waals surface area contributed by atoms with Gasteiger partial charge in [-0.2, -0.15) is 0 Å². The number of nitrogens with one attached hydrogen (secondary N) is 3. The van der Waals surface area contributed by atoms with E-state index < -0.39 is 0 Å². The Bertz CT molecular complexity index is 1340. The average Bonchev–Trinajstić information content (AvgIpc) is 3.21. The zero-order chi connectivity index (χ0) is 30.6. The Labute approximate surface area is 246 Å². The Morgan fingerprint density at radius 3 is 2.33 bits per heavy atom. The molecule has 0 spiro atoms. The maximum atomic E-state index is 13.4. The number of methoxy groups -OCH3 is 4. The first-order chi connectivity index (χ1) is 20.2. The molecule has 0 heterocycles. The number of carbonyl (C=O) groups is 3. The van der Waals surface area contributed by atoms with Crippen molar-refractivity contribution in [3.05, 3.63) is 45.6 Å². The monoisotopic (exact) mass is 583 g/mol. The molecule has 0 aromatic heterocycles. The van der Waals surface area contributed by atoms with Crippen LogP contribution in [0.25, 0.3) is 11.1 Å². The van der Waals surface area contributed by atoms with Crippen molar-refractivity contribution in [2.24, 2.45) is 0 Å². The van der Waals surface area contributed by atoms with Crippen LogP contribution in [0.3, 0.4) is 0 Å². The average molecular weight is 584 g/mol. The summed E-state index contributed by atoms with van der Waals surface area (Å²) in [5.74, 6) is 0.834. The standard InChI is InChI=1S/C31H41N3O8/c1-19(35)34-23-12-10-20-17-26(39-2)30(41-4)31(42-5)29(20)21-11-13-24(25(36)18-22(21)23)32-15-8-6-7-9-27(37)33-16-14-28(38)40-3/h11,13,17-18,23H,6-10,12,14-16H2,1-5H3,(H,32,36)(H,33,37)(H,34,35)/t23-/m0/s1. The van der Waals surface area contributed by atoms with Crippen LogP contribution in [0.1, 0.15) is 62.6 Å². The van der Waals surface area contributed by atoms with Gasteiger partial charge in [0.15, 0.2) is 11.5 Å². The molecule has 0 aliphatic heterocycles. The molecule has 3 N–H and O–H groups in total. The highest BCUT2D eigenvalue weighted by atomic mass is 16.5. The Morgan fingerprint density at radius 1 is 0.905 bits per heavy atom. The summed E-state index contributed by atoms with van der Waals surface area (Å²) in [5, 5.41) is 8.95.